The fraction of sp³-hybridized carbons (Fsp3) is 0.333. The number of aliphatic hydroxyl groups excluding tert-OH is 1. The third kappa shape index (κ3) is 4.53. The van der Waals surface area contributed by atoms with Crippen molar-refractivity contribution in [1.82, 2.24) is 10.3 Å². The SMILES string of the molecule is COc1ccc(C(=O)NC(C)CCCO)cc1-c1ccccn1. The summed E-state index contributed by atoms with van der Waals surface area (Å²) >= 11 is 0. The molecule has 0 saturated heterocycles. The Labute approximate surface area is 136 Å². The second-order valence-corrected chi connectivity index (χ2v) is 5.37. The summed E-state index contributed by atoms with van der Waals surface area (Å²) in [5.41, 5.74) is 2.10. The summed E-state index contributed by atoms with van der Waals surface area (Å²) < 4.78 is 5.37. The lowest BCUT2D eigenvalue weighted by Gasteiger charge is -2.14. The number of hydrogen-bond acceptors (Lipinski definition) is 4. The first-order valence-corrected chi connectivity index (χ1v) is 7.67. The topological polar surface area (TPSA) is 71.5 Å². The van der Waals surface area contributed by atoms with Gasteiger partial charge in [0.05, 0.1) is 12.8 Å². The number of rotatable bonds is 7. The van der Waals surface area contributed by atoms with Crippen molar-refractivity contribution in [3.63, 3.8) is 0 Å². The minimum atomic E-state index is -0.143. The highest BCUT2D eigenvalue weighted by Gasteiger charge is 2.14. The predicted molar refractivity (Wildman–Crippen MR) is 89.5 cm³/mol. The van der Waals surface area contributed by atoms with E-state index in [0.717, 1.165) is 17.7 Å². The summed E-state index contributed by atoms with van der Waals surface area (Å²) in [5, 5.41) is 11.8. The zero-order valence-electron chi connectivity index (χ0n) is 13.5. The second kappa shape index (κ2) is 8.29. The Morgan fingerprint density at radius 3 is 2.83 bits per heavy atom. The van der Waals surface area contributed by atoms with Gasteiger partial charge in [0.25, 0.3) is 5.91 Å². The van der Waals surface area contributed by atoms with Crippen LogP contribution in [0.5, 0.6) is 5.75 Å². The lowest BCUT2D eigenvalue weighted by molar-refractivity contribution is 0.0936. The van der Waals surface area contributed by atoms with Gasteiger partial charge in [0, 0.05) is 30.0 Å². The molecule has 1 unspecified atom stereocenters. The largest absolute Gasteiger partial charge is 0.496 e. The molecule has 1 aromatic carbocycles. The number of methoxy groups -OCH3 is 1. The summed E-state index contributed by atoms with van der Waals surface area (Å²) in [6.07, 6.45) is 3.12. The zero-order valence-corrected chi connectivity index (χ0v) is 13.5. The van der Waals surface area contributed by atoms with E-state index in [1.165, 1.54) is 0 Å². The molecule has 0 aliphatic heterocycles. The minimum Gasteiger partial charge on any atom is -0.496 e. The molecule has 5 heteroatoms. The number of carbonyl (C=O) groups is 1. The molecule has 0 radical (unpaired) electrons. The van der Waals surface area contributed by atoms with Crippen molar-refractivity contribution < 1.29 is 14.6 Å². The predicted octanol–water partition coefficient (Wildman–Crippen LogP) is 2.65. The van der Waals surface area contributed by atoms with Crippen LogP contribution in [0.15, 0.2) is 42.6 Å². The minimum absolute atomic E-state index is 0.00931. The van der Waals surface area contributed by atoms with E-state index in [2.05, 4.69) is 10.3 Å². The van der Waals surface area contributed by atoms with Gasteiger partial charge in [0.15, 0.2) is 0 Å². The number of nitrogens with zero attached hydrogens (tertiary/aromatic N) is 1. The number of aliphatic hydroxyl groups is 1. The third-order valence-corrected chi connectivity index (χ3v) is 3.58. The average molecular weight is 314 g/mol. The number of hydrogen-bond donors (Lipinski definition) is 2. The smallest absolute Gasteiger partial charge is 0.251 e. The molecule has 2 rings (SSSR count). The van der Waals surface area contributed by atoms with E-state index in [9.17, 15) is 4.79 Å². The lowest BCUT2D eigenvalue weighted by Crippen LogP contribution is -2.32. The molecule has 1 heterocycles. The van der Waals surface area contributed by atoms with Gasteiger partial charge in [-0.25, -0.2) is 0 Å². The van der Waals surface area contributed by atoms with Crippen LogP contribution in [0.1, 0.15) is 30.1 Å². The molecule has 122 valence electrons. The highest BCUT2D eigenvalue weighted by molar-refractivity contribution is 5.96. The molecule has 0 spiro atoms. The molecule has 23 heavy (non-hydrogen) atoms. The van der Waals surface area contributed by atoms with Crippen molar-refractivity contribution in [3.8, 4) is 17.0 Å². The van der Waals surface area contributed by atoms with Gasteiger partial charge in [0.1, 0.15) is 5.75 Å². The van der Waals surface area contributed by atoms with Gasteiger partial charge < -0.3 is 15.2 Å². The summed E-state index contributed by atoms with van der Waals surface area (Å²) in [7, 11) is 1.60. The molecule has 1 amide bonds. The van der Waals surface area contributed by atoms with Crippen molar-refractivity contribution in [2.45, 2.75) is 25.8 Å². The molecule has 2 N–H and O–H groups in total. The highest BCUT2D eigenvalue weighted by atomic mass is 16.5. The van der Waals surface area contributed by atoms with Crippen molar-refractivity contribution in [3.05, 3.63) is 48.2 Å². The number of amides is 1. The summed E-state index contributed by atoms with van der Waals surface area (Å²) in [4.78, 5) is 16.7. The van der Waals surface area contributed by atoms with Crippen LogP contribution in [0.25, 0.3) is 11.3 Å². The first-order valence-electron chi connectivity index (χ1n) is 7.67. The van der Waals surface area contributed by atoms with Crippen LogP contribution in [0.2, 0.25) is 0 Å². The molecule has 1 aromatic heterocycles. The van der Waals surface area contributed by atoms with Crippen molar-refractivity contribution >= 4 is 5.91 Å². The number of aromatic nitrogens is 1. The average Bonchev–Trinajstić information content (AvgIpc) is 2.60. The van der Waals surface area contributed by atoms with Crippen LogP contribution < -0.4 is 10.1 Å². The Hall–Kier alpha value is -2.40. The molecule has 5 nitrogen and oxygen atoms in total. The Morgan fingerprint density at radius 2 is 2.17 bits per heavy atom. The molecular weight excluding hydrogens is 292 g/mol. The summed E-state index contributed by atoms with van der Waals surface area (Å²) in [6.45, 7) is 2.06. The quantitative estimate of drug-likeness (QED) is 0.824. The number of benzene rings is 1. The lowest BCUT2D eigenvalue weighted by atomic mass is 10.0. The van der Waals surface area contributed by atoms with E-state index in [-0.39, 0.29) is 18.6 Å². The van der Waals surface area contributed by atoms with Gasteiger partial charge >= 0.3 is 0 Å². The van der Waals surface area contributed by atoms with Gasteiger partial charge in [-0.05, 0) is 50.1 Å². The van der Waals surface area contributed by atoms with Crippen LogP contribution in [0, 0.1) is 0 Å². The Balaban J connectivity index is 2.22. The molecular formula is C18H22N2O3. The van der Waals surface area contributed by atoms with E-state index >= 15 is 0 Å². The Bertz CT molecular complexity index is 644. The maximum atomic E-state index is 12.4. The first kappa shape index (κ1) is 17.0. The number of nitrogens with one attached hydrogen (secondary N) is 1. The number of ether oxygens (including phenoxy) is 1. The van der Waals surface area contributed by atoms with Gasteiger partial charge in [0.2, 0.25) is 0 Å². The molecule has 0 bridgehead atoms. The van der Waals surface area contributed by atoms with Gasteiger partial charge in [-0.3, -0.25) is 9.78 Å². The van der Waals surface area contributed by atoms with Crippen molar-refractivity contribution in [2.75, 3.05) is 13.7 Å². The van der Waals surface area contributed by atoms with E-state index < -0.39 is 0 Å². The third-order valence-electron chi connectivity index (χ3n) is 3.58. The fourth-order valence-corrected chi connectivity index (χ4v) is 2.35. The van der Waals surface area contributed by atoms with E-state index in [0.29, 0.717) is 17.7 Å². The van der Waals surface area contributed by atoms with Crippen LogP contribution in [0.3, 0.4) is 0 Å². The monoisotopic (exact) mass is 314 g/mol. The first-order chi connectivity index (χ1) is 11.2. The van der Waals surface area contributed by atoms with Gasteiger partial charge in [-0.1, -0.05) is 6.07 Å². The van der Waals surface area contributed by atoms with Gasteiger partial charge in [-0.15, -0.1) is 0 Å². The molecule has 0 aliphatic carbocycles. The van der Waals surface area contributed by atoms with Gasteiger partial charge in [-0.2, -0.15) is 0 Å². The van der Waals surface area contributed by atoms with E-state index in [1.807, 2.05) is 25.1 Å². The van der Waals surface area contributed by atoms with E-state index in [1.54, 1.807) is 31.5 Å². The maximum absolute atomic E-state index is 12.4. The van der Waals surface area contributed by atoms with Crippen LogP contribution in [-0.2, 0) is 0 Å². The normalized spacial score (nSPS) is 11.8. The number of carbonyl (C=O) groups excluding carboxylic acids is 1. The maximum Gasteiger partial charge on any atom is 0.251 e. The van der Waals surface area contributed by atoms with Crippen molar-refractivity contribution in [1.29, 1.82) is 0 Å². The second-order valence-electron chi connectivity index (χ2n) is 5.37. The van der Waals surface area contributed by atoms with Crippen LogP contribution in [0.4, 0.5) is 0 Å². The molecule has 0 fully saturated rings. The highest BCUT2D eigenvalue weighted by Crippen LogP contribution is 2.29. The zero-order chi connectivity index (χ0) is 16.7. The van der Waals surface area contributed by atoms with E-state index in [4.69, 9.17) is 9.84 Å². The van der Waals surface area contributed by atoms with Crippen molar-refractivity contribution in [2.24, 2.45) is 0 Å². The van der Waals surface area contributed by atoms with Crippen LogP contribution in [-0.4, -0.2) is 35.8 Å². The Kier molecular flexibility index (Phi) is 6.11. The number of pyridine rings is 1. The fourth-order valence-electron chi connectivity index (χ4n) is 2.35. The summed E-state index contributed by atoms with van der Waals surface area (Å²) in [5.74, 6) is 0.531. The molecule has 1 atom stereocenters. The summed E-state index contributed by atoms with van der Waals surface area (Å²) in [6, 6.07) is 10.9. The Morgan fingerprint density at radius 1 is 1.35 bits per heavy atom. The molecule has 0 saturated carbocycles. The van der Waals surface area contributed by atoms with Crippen LogP contribution >= 0.6 is 0 Å². The molecule has 2 aromatic rings. The standard InChI is InChI=1S/C18H22N2O3/c1-13(6-5-11-21)20-18(22)14-8-9-17(23-2)15(12-14)16-7-3-4-10-19-16/h3-4,7-10,12-13,21H,5-6,11H2,1-2H3,(H,20,22). The molecule has 0 aliphatic rings.